The summed E-state index contributed by atoms with van der Waals surface area (Å²) in [7, 11) is 1.98. The van der Waals surface area contributed by atoms with Crippen LogP contribution in [-0.4, -0.2) is 18.6 Å². The maximum absolute atomic E-state index is 12.9. The molecule has 0 fully saturated rings. The summed E-state index contributed by atoms with van der Waals surface area (Å²) in [4.78, 5) is 6.39. The monoisotopic (exact) mass is 259 g/mol. The first kappa shape index (κ1) is 13.3. The zero-order valence-corrected chi connectivity index (χ0v) is 11.2. The van der Waals surface area contributed by atoms with Gasteiger partial charge in [-0.25, -0.2) is 9.37 Å². The molecule has 0 radical (unpaired) electrons. The summed E-state index contributed by atoms with van der Waals surface area (Å²) in [5.74, 6) is 0.671. The van der Waals surface area contributed by atoms with Crippen LogP contribution in [0.25, 0.3) is 0 Å². The standard InChI is InChI=1S/C15H18FN3/c1-3-17-15-9-4-12(10-18-15)11-19(2)14-7-5-13(16)6-8-14/h4-10H,3,11H2,1-2H3,(H,17,18). The lowest BCUT2D eigenvalue weighted by atomic mass is 10.2. The predicted molar refractivity (Wildman–Crippen MR) is 76.9 cm³/mol. The molecule has 2 rings (SSSR count). The van der Waals surface area contributed by atoms with Crippen molar-refractivity contribution in [2.24, 2.45) is 0 Å². The normalized spacial score (nSPS) is 10.3. The molecular formula is C15H18FN3. The number of pyridine rings is 1. The van der Waals surface area contributed by atoms with Crippen LogP contribution in [-0.2, 0) is 6.54 Å². The van der Waals surface area contributed by atoms with Crippen molar-refractivity contribution in [1.82, 2.24) is 4.98 Å². The minimum absolute atomic E-state index is 0.214. The van der Waals surface area contributed by atoms with Gasteiger partial charge in [0.05, 0.1) is 0 Å². The highest BCUT2D eigenvalue weighted by molar-refractivity contribution is 5.46. The molecule has 1 heterocycles. The van der Waals surface area contributed by atoms with E-state index in [2.05, 4.69) is 15.2 Å². The number of nitrogens with one attached hydrogen (secondary N) is 1. The molecule has 100 valence electrons. The lowest BCUT2D eigenvalue weighted by molar-refractivity contribution is 0.627. The van der Waals surface area contributed by atoms with Crippen molar-refractivity contribution in [3.05, 3.63) is 54.0 Å². The Morgan fingerprint density at radius 1 is 1.16 bits per heavy atom. The second-order valence-electron chi connectivity index (χ2n) is 4.41. The second kappa shape index (κ2) is 6.18. The summed E-state index contributed by atoms with van der Waals surface area (Å²) in [6.45, 7) is 3.64. The minimum atomic E-state index is -0.214. The Morgan fingerprint density at radius 3 is 2.47 bits per heavy atom. The molecule has 0 unspecified atom stereocenters. The number of anilines is 2. The predicted octanol–water partition coefficient (Wildman–Crippen LogP) is 3.29. The molecule has 0 aliphatic carbocycles. The van der Waals surface area contributed by atoms with E-state index in [0.717, 1.165) is 30.2 Å². The maximum Gasteiger partial charge on any atom is 0.125 e. The van der Waals surface area contributed by atoms with E-state index in [4.69, 9.17) is 0 Å². The van der Waals surface area contributed by atoms with Gasteiger partial charge in [0.25, 0.3) is 0 Å². The molecule has 0 amide bonds. The highest BCUT2D eigenvalue weighted by atomic mass is 19.1. The van der Waals surface area contributed by atoms with Crippen molar-refractivity contribution in [2.45, 2.75) is 13.5 Å². The molecule has 2 aromatic rings. The van der Waals surface area contributed by atoms with Crippen LogP contribution in [0.4, 0.5) is 15.9 Å². The van der Waals surface area contributed by atoms with E-state index in [1.165, 1.54) is 12.1 Å². The lowest BCUT2D eigenvalue weighted by Crippen LogP contribution is -2.16. The Morgan fingerprint density at radius 2 is 1.89 bits per heavy atom. The molecule has 1 N–H and O–H groups in total. The molecule has 19 heavy (non-hydrogen) atoms. The molecule has 0 bridgehead atoms. The molecule has 1 aromatic heterocycles. The summed E-state index contributed by atoms with van der Waals surface area (Å²) in [6, 6.07) is 10.5. The van der Waals surface area contributed by atoms with Crippen molar-refractivity contribution >= 4 is 11.5 Å². The van der Waals surface area contributed by atoms with E-state index in [-0.39, 0.29) is 5.82 Å². The smallest absolute Gasteiger partial charge is 0.125 e. The first-order chi connectivity index (χ1) is 9.19. The van der Waals surface area contributed by atoms with E-state index in [0.29, 0.717) is 0 Å². The molecule has 0 spiro atoms. The van der Waals surface area contributed by atoms with Crippen LogP contribution in [0.5, 0.6) is 0 Å². The molecular weight excluding hydrogens is 241 g/mol. The van der Waals surface area contributed by atoms with Gasteiger partial charge in [-0.15, -0.1) is 0 Å². The Hall–Kier alpha value is -2.10. The number of rotatable bonds is 5. The third-order valence-electron chi connectivity index (χ3n) is 2.87. The van der Waals surface area contributed by atoms with Gasteiger partial charge in [-0.3, -0.25) is 0 Å². The number of aromatic nitrogens is 1. The molecule has 0 saturated heterocycles. The van der Waals surface area contributed by atoms with E-state index in [1.54, 1.807) is 12.1 Å². The van der Waals surface area contributed by atoms with Crippen LogP contribution in [0.2, 0.25) is 0 Å². The molecule has 0 saturated carbocycles. The molecule has 3 nitrogen and oxygen atoms in total. The first-order valence-electron chi connectivity index (χ1n) is 6.34. The minimum Gasteiger partial charge on any atom is -0.370 e. The zero-order chi connectivity index (χ0) is 13.7. The second-order valence-corrected chi connectivity index (χ2v) is 4.41. The quantitative estimate of drug-likeness (QED) is 0.893. The van der Waals surface area contributed by atoms with Gasteiger partial charge in [0.2, 0.25) is 0 Å². The van der Waals surface area contributed by atoms with E-state index < -0.39 is 0 Å². The van der Waals surface area contributed by atoms with Crippen LogP contribution in [0, 0.1) is 5.82 Å². The summed E-state index contributed by atoms with van der Waals surface area (Å²) >= 11 is 0. The van der Waals surface area contributed by atoms with Gasteiger partial charge in [0, 0.05) is 32.0 Å². The average molecular weight is 259 g/mol. The largest absolute Gasteiger partial charge is 0.370 e. The maximum atomic E-state index is 12.9. The fourth-order valence-electron chi connectivity index (χ4n) is 1.86. The van der Waals surface area contributed by atoms with Crippen molar-refractivity contribution in [1.29, 1.82) is 0 Å². The van der Waals surface area contributed by atoms with E-state index in [9.17, 15) is 4.39 Å². The zero-order valence-electron chi connectivity index (χ0n) is 11.2. The fourth-order valence-corrected chi connectivity index (χ4v) is 1.86. The number of nitrogens with zero attached hydrogens (tertiary/aromatic N) is 2. The number of hydrogen-bond donors (Lipinski definition) is 1. The van der Waals surface area contributed by atoms with Gasteiger partial charge in [0.1, 0.15) is 11.6 Å². The Labute approximate surface area is 113 Å². The molecule has 0 aliphatic rings. The van der Waals surface area contributed by atoms with Crippen molar-refractivity contribution in [2.75, 3.05) is 23.8 Å². The van der Waals surface area contributed by atoms with Gasteiger partial charge >= 0.3 is 0 Å². The molecule has 0 aliphatic heterocycles. The summed E-state index contributed by atoms with van der Waals surface area (Å²) in [5.41, 5.74) is 2.10. The van der Waals surface area contributed by atoms with Gasteiger partial charge in [0.15, 0.2) is 0 Å². The molecule has 1 aromatic carbocycles. The highest BCUT2D eigenvalue weighted by Gasteiger charge is 2.03. The third-order valence-corrected chi connectivity index (χ3v) is 2.87. The van der Waals surface area contributed by atoms with E-state index >= 15 is 0 Å². The topological polar surface area (TPSA) is 28.2 Å². The fraction of sp³-hybridized carbons (Fsp3) is 0.267. The number of benzene rings is 1. The van der Waals surface area contributed by atoms with Gasteiger partial charge < -0.3 is 10.2 Å². The van der Waals surface area contributed by atoms with Crippen LogP contribution < -0.4 is 10.2 Å². The molecule has 4 heteroatoms. The third kappa shape index (κ3) is 3.68. The lowest BCUT2D eigenvalue weighted by Gasteiger charge is -2.19. The van der Waals surface area contributed by atoms with Crippen molar-refractivity contribution < 1.29 is 4.39 Å². The van der Waals surface area contributed by atoms with Crippen molar-refractivity contribution in [3.63, 3.8) is 0 Å². The van der Waals surface area contributed by atoms with Gasteiger partial charge in [-0.1, -0.05) is 6.07 Å². The Balaban J connectivity index is 2.01. The van der Waals surface area contributed by atoms with Crippen LogP contribution in [0.1, 0.15) is 12.5 Å². The summed E-state index contributed by atoms with van der Waals surface area (Å²) in [6.07, 6.45) is 1.86. The SMILES string of the molecule is CCNc1ccc(CN(C)c2ccc(F)cc2)cn1. The number of halogens is 1. The molecule has 0 atom stereocenters. The highest BCUT2D eigenvalue weighted by Crippen LogP contribution is 2.16. The van der Waals surface area contributed by atoms with Crippen LogP contribution in [0.3, 0.4) is 0 Å². The van der Waals surface area contributed by atoms with Gasteiger partial charge in [-0.2, -0.15) is 0 Å². The first-order valence-corrected chi connectivity index (χ1v) is 6.34. The van der Waals surface area contributed by atoms with Crippen LogP contribution in [0.15, 0.2) is 42.6 Å². The number of hydrogen-bond acceptors (Lipinski definition) is 3. The summed E-state index contributed by atoms with van der Waals surface area (Å²) in [5, 5.41) is 3.16. The Kier molecular flexibility index (Phi) is 4.34. The average Bonchev–Trinajstić information content (AvgIpc) is 2.42. The van der Waals surface area contributed by atoms with E-state index in [1.807, 2.05) is 32.3 Å². The van der Waals surface area contributed by atoms with Crippen LogP contribution >= 0.6 is 0 Å². The summed E-state index contributed by atoms with van der Waals surface area (Å²) < 4.78 is 12.9. The Bertz CT molecular complexity index is 508. The van der Waals surface area contributed by atoms with Crippen molar-refractivity contribution in [3.8, 4) is 0 Å². The van der Waals surface area contributed by atoms with Gasteiger partial charge in [-0.05, 0) is 42.8 Å².